The fraction of sp³-hybridized carbons (Fsp3) is 0.667. The predicted octanol–water partition coefficient (Wildman–Crippen LogP) is 2.17. The van der Waals surface area contributed by atoms with Crippen LogP contribution in [0, 0.1) is 29.6 Å². The van der Waals surface area contributed by atoms with Crippen LogP contribution in [0.4, 0.5) is 0 Å². The van der Waals surface area contributed by atoms with Crippen molar-refractivity contribution in [1.29, 1.82) is 5.26 Å². The number of nitrogens with zero attached hydrogens (tertiary/aromatic N) is 2. The number of amides is 3. The van der Waals surface area contributed by atoms with Crippen molar-refractivity contribution in [3.8, 4) is 6.07 Å². The Morgan fingerprint density at radius 1 is 1.25 bits per heavy atom. The van der Waals surface area contributed by atoms with Gasteiger partial charge in [0, 0.05) is 23.7 Å². The summed E-state index contributed by atoms with van der Waals surface area (Å²) < 4.78 is 0. The fourth-order valence-electron chi connectivity index (χ4n) is 6.12. The molecule has 3 heterocycles. The van der Waals surface area contributed by atoms with Gasteiger partial charge in [-0.1, -0.05) is 12.8 Å². The Balaban J connectivity index is 1.30. The lowest BCUT2D eigenvalue weighted by Gasteiger charge is -2.25. The lowest BCUT2D eigenvalue weighted by Crippen LogP contribution is -2.49. The van der Waals surface area contributed by atoms with Gasteiger partial charge in [0.15, 0.2) is 0 Å². The number of rotatable bonds is 5. The number of likely N-dealkylation sites (tertiary alicyclic amines) is 1. The summed E-state index contributed by atoms with van der Waals surface area (Å²) in [6.45, 7) is 2.47. The van der Waals surface area contributed by atoms with Crippen molar-refractivity contribution in [3.63, 3.8) is 0 Å². The molecule has 0 bridgehead atoms. The van der Waals surface area contributed by atoms with Crippen LogP contribution in [0.25, 0.3) is 0 Å². The van der Waals surface area contributed by atoms with Gasteiger partial charge in [0.1, 0.15) is 17.8 Å². The van der Waals surface area contributed by atoms with Crippen LogP contribution in [-0.2, 0) is 9.59 Å². The summed E-state index contributed by atoms with van der Waals surface area (Å²) in [5.74, 6) is -0.702. The molecule has 3 atom stereocenters. The van der Waals surface area contributed by atoms with E-state index in [0.29, 0.717) is 25.1 Å². The second kappa shape index (κ2) is 7.65. The smallest absolute Gasteiger partial charge is 0.270 e. The highest BCUT2D eigenvalue weighted by atomic mass is 16.2. The molecule has 8 nitrogen and oxygen atoms in total. The van der Waals surface area contributed by atoms with Gasteiger partial charge in [0.25, 0.3) is 5.91 Å². The lowest BCUT2D eigenvalue weighted by molar-refractivity contribution is -0.126. The van der Waals surface area contributed by atoms with Crippen LogP contribution in [0.5, 0.6) is 0 Å². The molecule has 1 aromatic rings. The number of aromatic amines is 1. The second-order valence-corrected chi connectivity index (χ2v) is 10.5. The summed E-state index contributed by atoms with van der Waals surface area (Å²) in [5, 5.41) is 15.6. The first-order valence-corrected chi connectivity index (χ1v) is 11.8. The Labute approximate surface area is 188 Å². The van der Waals surface area contributed by atoms with Crippen LogP contribution in [0.3, 0.4) is 0 Å². The van der Waals surface area contributed by atoms with Crippen molar-refractivity contribution in [3.05, 3.63) is 23.5 Å². The number of nitrogens with one attached hydrogen (secondary N) is 3. The Hall–Kier alpha value is -2.82. The summed E-state index contributed by atoms with van der Waals surface area (Å²) in [5.41, 5.74) is 1.33. The third kappa shape index (κ3) is 3.78. The van der Waals surface area contributed by atoms with Gasteiger partial charge in [-0.05, 0) is 69.4 Å². The first-order chi connectivity index (χ1) is 15.3. The molecule has 1 aromatic heterocycles. The minimum Gasteiger partial charge on any atom is -0.355 e. The maximum absolute atomic E-state index is 13.3. The van der Waals surface area contributed by atoms with E-state index in [0.717, 1.165) is 50.6 Å². The first-order valence-electron chi connectivity index (χ1n) is 11.8. The number of nitriles is 1. The standard InChI is InChI=1S/C24H31N5O3/c1-15-4-5-18(26-15)22(32)29-14-23(6-2-3-7-23)12-19(29)21(31)27-17(13-25)10-16-11-24(8-9-24)28-20(16)30/h4-5,16-17,19,26H,2-3,6-12,14H2,1H3,(H,27,31)(H,28,30). The zero-order valence-corrected chi connectivity index (χ0v) is 18.6. The van der Waals surface area contributed by atoms with Gasteiger partial charge in [-0.15, -0.1) is 0 Å². The number of carbonyl (C=O) groups is 3. The predicted molar refractivity (Wildman–Crippen MR) is 116 cm³/mol. The third-order valence-electron chi connectivity index (χ3n) is 8.04. The van der Waals surface area contributed by atoms with E-state index in [1.54, 1.807) is 11.0 Å². The number of aromatic nitrogens is 1. The molecule has 0 aromatic carbocycles. The molecule has 2 aliphatic heterocycles. The van der Waals surface area contributed by atoms with Crippen molar-refractivity contribution < 1.29 is 14.4 Å². The van der Waals surface area contributed by atoms with Gasteiger partial charge >= 0.3 is 0 Å². The maximum atomic E-state index is 13.3. The quantitative estimate of drug-likeness (QED) is 0.654. The van der Waals surface area contributed by atoms with Gasteiger partial charge in [0.2, 0.25) is 11.8 Å². The van der Waals surface area contributed by atoms with Crippen molar-refractivity contribution in [2.24, 2.45) is 11.3 Å². The molecule has 3 N–H and O–H groups in total. The molecule has 4 fully saturated rings. The van der Waals surface area contributed by atoms with Gasteiger partial charge in [-0.3, -0.25) is 14.4 Å². The fourth-order valence-corrected chi connectivity index (χ4v) is 6.12. The molecular formula is C24H31N5O3. The average molecular weight is 438 g/mol. The summed E-state index contributed by atoms with van der Waals surface area (Å²) in [6.07, 6.45) is 7.98. The molecule has 170 valence electrons. The minimum absolute atomic E-state index is 0.00879. The number of carbonyl (C=O) groups excluding carboxylic acids is 3. The molecular weight excluding hydrogens is 406 g/mol. The molecule has 4 aliphatic rings. The molecule has 3 unspecified atom stereocenters. The van der Waals surface area contributed by atoms with Crippen molar-refractivity contribution in [2.75, 3.05) is 6.54 Å². The molecule has 2 saturated carbocycles. The first kappa shape index (κ1) is 21.0. The van der Waals surface area contributed by atoms with Crippen LogP contribution in [0.15, 0.2) is 12.1 Å². The number of hydrogen-bond acceptors (Lipinski definition) is 4. The monoisotopic (exact) mass is 437 g/mol. The van der Waals surface area contributed by atoms with Crippen LogP contribution in [0.1, 0.15) is 74.0 Å². The molecule has 2 aliphatic carbocycles. The van der Waals surface area contributed by atoms with E-state index in [2.05, 4.69) is 21.7 Å². The second-order valence-electron chi connectivity index (χ2n) is 10.5. The summed E-state index contributed by atoms with van der Waals surface area (Å²) in [4.78, 5) is 43.7. The third-order valence-corrected chi connectivity index (χ3v) is 8.04. The van der Waals surface area contributed by atoms with Crippen molar-refractivity contribution in [1.82, 2.24) is 20.5 Å². The zero-order valence-electron chi connectivity index (χ0n) is 18.6. The largest absolute Gasteiger partial charge is 0.355 e. The van der Waals surface area contributed by atoms with Gasteiger partial charge in [-0.25, -0.2) is 0 Å². The van der Waals surface area contributed by atoms with Crippen molar-refractivity contribution in [2.45, 2.75) is 82.3 Å². The lowest BCUT2D eigenvalue weighted by atomic mass is 9.84. The van der Waals surface area contributed by atoms with E-state index in [1.807, 2.05) is 13.0 Å². The van der Waals surface area contributed by atoms with Crippen molar-refractivity contribution >= 4 is 17.7 Å². The van der Waals surface area contributed by atoms with E-state index in [-0.39, 0.29) is 34.6 Å². The van der Waals surface area contributed by atoms with Gasteiger partial charge in [0.05, 0.1) is 6.07 Å². The van der Waals surface area contributed by atoms with Crippen LogP contribution in [0.2, 0.25) is 0 Å². The van der Waals surface area contributed by atoms with Gasteiger partial charge < -0.3 is 20.5 Å². The summed E-state index contributed by atoms with van der Waals surface area (Å²) in [7, 11) is 0. The summed E-state index contributed by atoms with van der Waals surface area (Å²) in [6, 6.07) is 4.46. The zero-order chi connectivity index (χ0) is 22.5. The van der Waals surface area contributed by atoms with Gasteiger partial charge in [-0.2, -0.15) is 5.26 Å². The number of aryl methyl sites for hydroxylation is 1. The molecule has 3 amide bonds. The Morgan fingerprint density at radius 2 is 2.00 bits per heavy atom. The molecule has 0 radical (unpaired) electrons. The van der Waals surface area contributed by atoms with E-state index in [4.69, 9.17) is 0 Å². The highest BCUT2D eigenvalue weighted by molar-refractivity contribution is 5.97. The molecule has 2 saturated heterocycles. The normalized spacial score (nSPS) is 28.0. The Bertz CT molecular complexity index is 982. The summed E-state index contributed by atoms with van der Waals surface area (Å²) >= 11 is 0. The Morgan fingerprint density at radius 3 is 2.59 bits per heavy atom. The highest BCUT2D eigenvalue weighted by Gasteiger charge is 2.53. The van der Waals surface area contributed by atoms with Crippen LogP contribution in [-0.4, -0.2) is 51.8 Å². The van der Waals surface area contributed by atoms with E-state index >= 15 is 0 Å². The van der Waals surface area contributed by atoms with E-state index in [9.17, 15) is 19.6 Å². The maximum Gasteiger partial charge on any atom is 0.270 e. The van der Waals surface area contributed by atoms with E-state index in [1.165, 1.54) is 0 Å². The molecule has 5 rings (SSSR count). The topological polar surface area (TPSA) is 118 Å². The average Bonchev–Trinajstić information content (AvgIpc) is 3.19. The molecule has 32 heavy (non-hydrogen) atoms. The highest BCUT2D eigenvalue weighted by Crippen LogP contribution is 2.48. The molecule has 2 spiro atoms. The SMILES string of the molecule is Cc1ccc(C(=O)N2CC3(CCCC3)CC2C(=O)NC(C#N)CC2CC3(CC3)NC2=O)[nH]1. The number of H-pyrrole nitrogens is 1. The molecule has 8 heteroatoms. The Kier molecular flexibility index (Phi) is 5.03. The van der Waals surface area contributed by atoms with Crippen LogP contribution >= 0.6 is 0 Å². The number of hydrogen-bond donors (Lipinski definition) is 3. The van der Waals surface area contributed by atoms with Crippen LogP contribution < -0.4 is 10.6 Å². The minimum atomic E-state index is -0.739. The van der Waals surface area contributed by atoms with E-state index < -0.39 is 12.1 Å².